The van der Waals surface area contributed by atoms with E-state index < -0.39 is 0 Å². The van der Waals surface area contributed by atoms with Gasteiger partial charge in [0.25, 0.3) is 5.56 Å². The molecule has 1 aromatic heterocycles. The highest BCUT2D eigenvalue weighted by atomic mass is 35.5. The fraction of sp³-hybridized carbons (Fsp3) is 0.0909. The summed E-state index contributed by atoms with van der Waals surface area (Å²) in [6.07, 6.45) is 0. The molecule has 4 heteroatoms. The summed E-state index contributed by atoms with van der Waals surface area (Å²) in [6.45, 7) is 1.71. The molecule has 0 fully saturated rings. The summed E-state index contributed by atoms with van der Waals surface area (Å²) in [4.78, 5) is 14.9. The third kappa shape index (κ3) is 2.25. The average molecular weight is 222 g/mol. The number of aromatic nitrogens is 1. The van der Waals surface area contributed by atoms with Crippen LogP contribution in [0.2, 0.25) is 5.02 Å². The molecule has 2 aromatic rings. The Morgan fingerprint density at radius 1 is 1.27 bits per heavy atom. The first kappa shape index (κ1) is 9.93. The second-order valence-electron chi connectivity index (χ2n) is 3.12. The summed E-state index contributed by atoms with van der Waals surface area (Å²) < 4.78 is 5.33. The highest BCUT2D eigenvalue weighted by Gasteiger charge is 2.03. The molecule has 0 aliphatic rings. The van der Waals surface area contributed by atoms with Gasteiger partial charge in [0, 0.05) is 16.7 Å². The molecule has 1 heterocycles. The van der Waals surface area contributed by atoms with Gasteiger partial charge in [-0.05, 0) is 31.2 Å². The lowest BCUT2D eigenvalue weighted by Crippen LogP contribution is -2.05. The molecular weight excluding hydrogens is 214 g/mol. The average Bonchev–Trinajstić information content (AvgIpc) is 2.17. The van der Waals surface area contributed by atoms with Gasteiger partial charge in [-0.2, -0.15) is 4.98 Å². The van der Waals surface area contributed by atoms with E-state index in [1.165, 1.54) is 6.07 Å². The Morgan fingerprint density at radius 3 is 2.53 bits per heavy atom. The number of nitrogens with zero attached hydrogens (tertiary/aromatic N) is 1. The van der Waals surface area contributed by atoms with Crippen LogP contribution >= 0.6 is 11.6 Å². The monoisotopic (exact) mass is 221 g/mol. The van der Waals surface area contributed by atoms with Crippen LogP contribution in [0.1, 0.15) is 5.76 Å². The van der Waals surface area contributed by atoms with Crippen molar-refractivity contribution in [1.29, 1.82) is 0 Å². The molecule has 2 rings (SSSR count). The lowest BCUT2D eigenvalue weighted by atomic mass is 10.2. The minimum Gasteiger partial charge on any atom is -0.443 e. The first-order chi connectivity index (χ1) is 7.15. The Morgan fingerprint density at radius 2 is 1.93 bits per heavy atom. The molecule has 3 nitrogen and oxygen atoms in total. The first-order valence-corrected chi connectivity index (χ1v) is 4.78. The Kier molecular flexibility index (Phi) is 2.56. The van der Waals surface area contributed by atoms with E-state index in [1.807, 2.05) is 0 Å². The van der Waals surface area contributed by atoms with Crippen LogP contribution < -0.4 is 5.56 Å². The molecule has 0 radical (unpaired) electrons. The van der Waals surface area contributed by atoms with Crippen LogP contribution in [0, 0.1) is 6.92 Å². The largest absolute Gasteiger partial charge is 0.443 e. The van der Waals surface area contributed by atoms with Crippen LogP contribution in [0.25, 0.3) is 11.5 Å². The molecule has 76 valence electrons. The van der Waals surface area contributed by atoms with Crippen molar-refractivity contribution in [3.8, 4) is 11.5 Å². The van der Waals surface area contributed by atoms with Crippen molar-refractivity contribution in [1.82, 2.24) is 4.98 Å². The van der Waals surface area contributed by atoms with Crippen LogP contribution in [0.5, 0.6) is 0 Å². The van der Waals surface area contributed by atoms with Crippen molar-refractivity contribution >= 4 is 11.6 Å². The van der Waals surface area contributed by atoms with Gasteiger partial charge in [0.2, 0.25) is 5.89 Å². The third-order valence-corrected chi connectivity index (χ3v) is 2.14. The molecule has 0 unspecified atom stereocenters. The summed E-state index contributed by atoms with van der Waals surface area (Å²) in [5, 5.41) is 0.633. The predicted octanol–water partition coefficient (Wildman–Crippen LogP) is 2.66. The molecule has 0 aliphatic heterocycles. The summed E-state index contributed by atoms with van der Waals surface area (Å²) in [7, 11) is 0. The molecule has 15 heavy (non-hydrogen) atoms. The zero-order valence-electron chi connectivity index (χ0n) is 8.03. The number of hydrogen-bond acceptors (Lipinski definition) is 3. The molecule has 0 saturated heterocycles. The summed E-state index contributed by atoms with van der Waals surface area (Å²) in [5.41, 5.74) is 0.434. The number of benzene rings is 1. The second kappa shape index (κ2) is 3.87. The zero-order chi connectivity index (χ0) is 10.8. The van der Waals surface area contributed by atoms with Crippen molar-refractivity contribution < 1.29 is 4.42 Å². The van der Waals surface area contributed by atoms with E-state index in [9.17, 15) is 4.79 Å². The van der Waals surface area contributed by atoms with Crippen LogP contribution in [-0.4, -0.2) is 4.98 Å². The molecule has 0 amide bonds. The maximum Gasteiger partial charge on any atom is 0.276 e. The van der Waals surface area contributed by atoms with Gasteiger partial charge in [-0.3, -0.25) is 4.79 Å². The summed E-state index contributed by atoms with van der Waals surface area (Å²) >= 11 is 5.75. The van der Waals surface area contributed by atoms with E-state index in [0.29, 0.717) is 16.7 Å². The lowest BCUT2D eigenvalue weighted by Gasteiger charge is -2.00. The normalized spacial score (nSPS) is 10.3. The molecule has 1 aromatic carbocycles. The van der Waals surface area contributed by atoms with Crippen molar-refractivity contribution in [2.24, 2.45) is 0 Å². The summed E-state index contributed by atoms with van der Waals surface area (Å²) in [6, 6.07) is 8.31. The SMILES string of the molecule is Cc1cc(=O)nc(-c2ccc(Cl)cc2)o1. The number of hydrogen-bond donors (Lipinski definition) is 0. The highest BCUT2D eigenvalue weighted by Crippen LogP contribution is 2.18. The topological polar surface area (TPSA) is 43.1 Å². The van der Waals surface area contributed by atoms with Crippen LogP contribution in [0.15, 0.2) is 39.5 Å². The number of rotatable bonds is 1. The standard InChI is InChI=1S/C11H8ClNO2/c1-7-6-10(14)13-11(15-7)8-2-4-9(12)5-3-8/h2-6H,1H3. The van der Waals surface area contributed by atoms with Crippen molar-refractivity contribution in [2.75, 3.05) is 0 Å². The minimum absolute atomic E-state index is 0.302. The van der Waals surface area contributed by atoms with Gasteiger partial charge in [0.1, 0.15) is 5.76 Å². The quantitative estimate of drug-likeness (QED) is 0.744. The molecule has 0 aliphatic carbocycles. The molecular formula is C11H8ClNO2. The van der Waals surface area contributed by atoms with E-state index in [0.717, 1.165) is 5.56 Å². The Balaban J connectivity index is 2.54. The van der Waals surface area contributed by atoms with E-state index in [-0.39, 0.29) is 5.56 Å². The maximum absolute atomic E-state index is 11.2. The van der Waals surface area contributed by atoms with Gasteiger partial charge in [0.15, 0.2) is 0 Å². The zero-order valence-corrected chi connectivity index (χ0v) is 8.78. The maximum atomic E-state index is 11.2. The van der Waals surface area contributed by atoms with Gasteiger partial charge in [-0.1, -0.05) is 11.6 Å². The Hall–Kier alpha value is -1.61. The molecule has 0 saturated carbocycles. The van der Waals surface area contributed by atoms with Crippen LogP contribution in [0.3, 0.4) is 0 Å². The van der Waals surface area contributed by atoms with E-state index >= 15 is 0 Å². The van der Waals surface area contributed by atoms with Gasteiger partial charge in [-0.15, -0.1) is 0 Å². The number of aryl methyl sites for hydroxylation is 1. The van der Waals surface area contributed by atoms with E-state index in [1.54, 1.807) is 31.2 Å². The van der Waals surface area contributed by atoms with Gasteiger partial charge in [-0.25, -0.2) is 0 Å². The van der Waals surface area contributed by atoms with Crippen molar-refractivity contribution in [3.05, 3.63) is 51.5 Å². The van der Waals surface area contributed by atoms with Gasteiger partial charge < -0.3 is 4.42 Å². The summed E-state index contributed by atoms with van der Waals surface area (Å²) in [5.74, 6) is 0.858. The molecule has 0 spiro atoms. The van der Waals surface area contributed by atoms with Gasteiger partial charge in [0.05, 0.1) is 0 Å². The van der Waals surface area contributed by atoms with Crippen molar-refractivity contribution in [3.63, 3.8) is 0 Å². The third-order valence-electron chi connectivity index (χ3n) is 1.89. The first-order valence-electron chi connectivity index (χ1n) is 4.40. The number of halogens is 1. The highest BCUT2D eigenvalue weighted by molar-refractivity contribution is 6.30. The van der Waals surface area contributed by atoms with Crippen LogP contribution in [0.4, 0.5) is 0 Å². The molecule has 0 atom stereocenters. The predicted molar refractivity (Wildman–Crippen MR) is 58.0 cm³/mol. The fourth-order valence-corrected chi connectivity index (χ4v) is 1.35. The van der Waals surface area contributed by atoms with E-state index in [2.05, 4.69) is 4.98 Å². The van der Waals surface area contributed by atoms with Crippen molar-refractivity contribution in [2.45, 2.75) is 6.92 Å². The van der Waals surface area contributed by atoms with Gasteiger partial charge >= 0.3 is 0 Å². The Labute approximate surface area is 91.3 Å². The van der Waals surface area contributed by atoms with Crippen LogP contribution in [-0.2, 0) is 0 Å². The van der Waals surface area contributed by atoms with E-state index in [4.69, 9.17) is 16.0 Å². The Bertz CT molecular complexity index is 531. The fourth-order valence-electron chi connectivity index (χ4n) is 1.23. The molecule has 0 bridgehead atoms. The lowest BCUT2D eigenvalue weighted by molar-refractivity contribution is 0.509. The molecule has 0 N–H and O–H groups in total. The second-order valence-corrected chi connectivity index (χ2v) is 3.56. The minimum atomic E-state index is -0.302. The smallest absolute Gasteiger partial charge is 0.276 e.